The number of benzene rings is 9. The zero-order valence-electron chi connectivity index (χ0n) is 74.5. The molecule has 126 heavy (non-hydrogen) atoms. The van der Waals surface area contributed by atoms with E-state index in [1.54, 1.807) is 80.2 Å². The van der Waals surface area contributed by atoms with Crippen molar-refractivity contribution in [3.63, 3.8) is 0 Å². The summed E-state index contributed by atoms with van der Waals surface area (Å²) in [5.41, 5.74) is 0.168. The predicted molar refractivity (Wildman–Crippen MR) is 474 cm³/mol. The molecular formula is C96H112N4O24Si2. The first-order valence-corrected chi connectivity index (χ1v) is 47.3. The van der Waals surface area contributed by atoms with Gasteiger partial charge in [-0.3, -0.25) is 38.6 Å². The zero-order valence-corrected chi connectivity index (χ0v) is 76.5. The fraction of sp³-hybridized carbons (Fsp3) is 0.438. The van der Waals surface area contributed by atoms with Crippen LogP contribution in [-0.4, -0.2) is 203 Å². The SMILES string of the molecule is CCOC(=O)c1ccc(Oc2cc3c4c(cc(Oc5ccc(C(=O)OCC)cc5)c5c6c(Oc7ccc(C(=O)OCC)cc7)cc7c8c(cc(Oc9ccc(C(=O)OCC)cc9)c(c2c45)c86)C(=O)N(C(CC(C)C)C(=O)N(CC)C2CCCC(C[Si](OC)(OC)OC)C2)C7=O)C(=O)N(C(CC(C)C)C(=O)N(CC)C2CCCC(C[Si](OC)(OC)OC)C2)C3=O)cc1. The summed E-state index contributed by atoms with van der Waals surface area (Å²) >= 11 is 0. The lowest BCUT2D eigenvalue weighted by molar-refractivity contribution is -0.139. The van der Waals surface area contributed by atoms with Crippen molar-refractivity contribution in [1.29, 1.82) is 0 Å². The molecule has 4 aliphatic rings. The molecule has 6 amide bonds. The highest BCUT2D eigenvalue weighted by Crippen LogP contribution is 2.59. The van der Waals surface area contributed by atoms with Crippen LogP contribution in [0.3, 0.4) is 0 Å². The lowest BCUT2D eigenvalue weighted by Gasteiger charge is -2.42. The molecule has 0 aromatic heterocycles. The Morgan fingerprint density at radius 1 is 0.357 bits per heavy atom. The lowest BCUT2D eigenvalue weighted by Crippen LogP contribution is -2.57. The average molecular weight is 1760 g/mol. The monoisotopic (exact) mass is 1760 g/mol. The van der Waals surface area contributed by atoms with Gasteiger partial charge in [0, 0.05) is 123 Å². The first kappa shape index (κ1) is 92.4. The molecule has 2 fully saturated rings. The summed E-state index contributed by atoms with van der Waals surface area (Å²) < 4.78 is 86.4. The molecule has 2 heterocycles. The van der Waals surface area contributed by atoms with Gasteiger partial charge in [0.25, 0.3) is 23.6 Å². The van der Waals surface area contributed by atoms with Gasteiger partial charge in [0.1, 0.15) is 58.1 Å². The van der Waals surface area contributed by atoms with Gasteiger partial charge in [-0.1, -0.05) is 53.4 Å². The average Bonchev–Trinajstić information content (AvgIpc) is 0.668. The summed E-state index contributed by atoms with van der Waals surface area (Å²) in [5, 5.41) is 0.565. The fourth-order valence-electron chi connectivity index (χ4n) is 18.7. The lowest BCUT2D eigenvalue weighted by atomic mass is 9.80. The van der Waals surface area contributed by atoms with Crippen LogP contribution >= 0.6 is 0 Å². The van der Waals surface area contributed by atoms with Gasteiger partial charge >= 0.3 is 41.5 Å². The Kier molecular flexibility index (Phi) is 29.2. The number of imide groups is 2. The van der Waals surface area contributed by atoms with Crippen LogP contribution in [0, 0.1) is 23.7 Å². The molecule has 13 rings (SSSR count). The van der Waals surface area contributed by atoms with Crippen molar-refractivity contribution in [2.24, 2.45) is 23.7 Å². The molecular weight excluding hydrogens is 1650 g/mol. The topological polar surface area (TPSA) is 313 Å². The largest absolute Gasteiger partial charge is 0.500 e. The minimum absolute atomic E-state index is 0.0145. The van der Waals surface area contributed by atoms with Gasteiger partial charge < -0.3 is 74.3 Å². The summed E-state index contributed by atoms with van der Waals surface area (Å²) in [5.74, 6) is -7.59. The maximum Gasteiger partial charge on any atom is 0.500 e. The second kappa shape index (κ2) is 39.8. The highest BCUT2D eigenvalue weighted by Gasteiger charge is 2.51. The van der Waals surface area contributed by atoms with E-state index in [0.29, 0.717) is 37.8 Å². The smallest absolute Gasteiger partial charge is 0.462 e. The summed E-state index contributed by atoms with van der Waals surface area (Å²) in [6, 6.07) is 27.6. The van der Waals surface area contributed by atoms with E-state index in [2.05, 4.69) is 0 Å². The number of amides is 6. The number of carbonyl (C=O) groups is 10. The molecule has 0 saturated heterocycles. The number of fused-ring (bicyclic) bond motifs is 2. The number of hydrogen-bond acceptors (Lipinski definition) is 24. The number of likely N-dealkylation sites (N-methyl/N-ethyl adjacent to an activating group) is 2. The fourth-order valence-corrected chi connectivity index (χ4v) is 22.9. The molecule has 2 aliphatic heterocycles. The molecule has 2 saturated carbocycles. The van der Waals surface area contributed by atoms with Crippen molar-refractivity contribution in [2.75, 3.05) is 82.2 Å². The maximum atomic E-state index is 17.0. The molecule has 9 aromatic rings. The van der Waals surface area contributed by atoms with Crippen molar-refractivity contribution in [3.05, 3.63) is 166 Å². The van der Waals surface area contributed by atoms with E-state index in [1.165, 1.54) is 121 Å². The normalized spacial score (nSPS) is 17.1. The van der Waals surface area contributed by atoms with Gasteiger partial charge in [-0.2, -0.15) is 0 Å². The van der Waals surface area contributed by atoms with E-state index in [9.17, 15) is 19.2 Å². The van der Waals surface area contributed by atoms with Gasteiger partial charge in [-0.25, -0.2) is 19.2 Å². The molecule has 0 radical (unpaired) electrons. The minimum Gasteiger partial charge on any atom is -0.462 e. The zero-order chi connectivity index (χ0) is 90.3. The molecule has 0 N–H and O–H groups in total. The highest BCUT2D eigenvalue weighted by atomic mass is 28.4. The first-order chi connectivity index (χ1) is 60.6. The predicted octanol–water partition coefficient (Wildman–Crippen LogP) is 18.2. The van der Waals surface area contributed by atoms with Crippen LogP contribution in [0.2, 0.25) is 12.1 Å². The number of hydrogen-bond donors (Lipinski definition) is 0. The van der Waals surface area contributed by atoms with Crippen molar-refractivity contribution in [3.8, 4) is 46.0 Å². The number of rotatable bonds is 38. The Balaban J connectivity index is 1.14. The third-order valence-electron chi connectivity index (χ3n) is 24.5. The van der Waals surface area contributed by atoms with Crippen LogP contribution in [-0.2, 0) is 55.1 Å². The van der Waals surface area contributed by atoms with E-state index in [4.69, 9.17) is 64.5 Å². The minimum atomic E-state index is -3.12. The van der Waals surface area contributed by atoms with Crippen molar-refractivity contribution in [2.45, 2.75) is 170 Å². The van der Waals surface area contributed by atoms with Crippen molar-refractivity contribution in [1.82, 2.24) is 19.6 Å². The summed E-state index contributed by atoms with van der Waals surface area (Å²) in [7, 11) is 3.16. The number of nitrogens with zero attached hydrogens (tertiary/aromatic N) is 4. The van der Waals surface area contributed by atoms with Gasteiger partial charge in [-0.05, 0) is 225 Å². The van der Waals surface area contributed by atoms with Gasteiger partial charge in [0.15, 0.2) is 0 Å². The van der Waals surface area contributed by atoms with Crippen molar-refractivity contribution >= 4 is 120 Å². The van der Waals surface area contributed by atoms with Gasteiger partial charge in [0.05, 0.1) is 70.9 Å². The molecule has 6 unspecified atom stereocenters. The standard InChI is InChI=1S/C96H112N4O24Si2/c1-17-97(63-27-23-25-57(47-63)53-125(111-11,112-12)113-13)91(105)73(45-55(7)8)99-87(101)69-49-75(121-65-37-29-59(30-38-65)93(107)117-19-3)81-83-77(123-67-41-33-61(34-42-67)95(109)119-21-5)51-71-80-72(90(104)100(89(71)103)74(46-56(9)10)92(106)98(18-2)64-28-24-26-58(48-64)54-126(114-14,115-15)116-16)52-78(124-68-43-35-62(36-44-68)96(110)120-22-6)84(86(80)83)82-76(50-70(88(99)102)79(69)85(81)82)122-66-39-31-60(32-40-66)94(108)118-20-4/h29-44,49-52,55-58,63-64,73-74H,17-28,45-48,53-54H2,1-16H3. The highest BCUT2D eigenvalue weighted by molar-refractivity contribution is 6.61. The van der Waals surface area contributed by atoms with Gasteiger partial charge in [-0.15, -0.1) is 0 Å². The number of carbonyl (C=O) groups excluding carboxylic acids is 10. The van der Waals surface area contributed by atoms with E-state index in [1.807, 2.05) is 41.5 Å². The Morgan fingerprint density at radius 2 is 0.603 bits per heavy atom. The molecule has 0 bridgehead atoms. The number of esters is 4. The van der Waals surface area contributed by atoms with E-state index in [0.717, 1.165) is 35.5 Å². The first-order valence-electron chi connectivity index (χ1n) is 43.5. The van der Waals surface area contributed by atoms with E-state index >= 15 is 28.8 Å². The molecule has 30 heteroatoms. The summed E-state index contributed by atoms with van der Waals surface area (Å²) in [4.78, 5) is 160. The van der Waals surface area contributed by atoms with Crippen LogP contribution in [0.1, 0.15) is 216 Å². The Labute approximate surface area is 735 Å². The molecule has 28 nitrogen and oxygen atoms in total. The second-order valence-corrected chi connectivity index (χ2v) is 38.9. The third-order valence-corrected chi connectivity index (χ3v) is 30.4. The maximum absolute atomic E-state index is 17.0. The quantitative estimate of drug-likeness (QED) is 0.00866. The Hall–Kier alpha value is -11.2. The number of ether oxygens (including phenoxy) is 8. The Bertz CT molecular complexity index is 4970. The van der Waals surface area contributed by atoms with Crippen molar-refractivity contribution < 1.29 is 112 Å². The molecule has 668 valence electrons. The summed E-state index contributed by atoms with van der Waals surface area (Å²) in [6.45, 7) is 18.8. The third kappa shape index (κ3) is 18.4. The molecule has 2 aliphatic carbocycles. The van der Waals surface area contributed by atoms with Crippen LogP contribution in [0.5, 0.6) is 46.0 Å². The van der Waals surface area contributed by atoms with Crippen LogP contribution < -0.4 is 18.9 Å². The van der Waals surface area contributed by atoms with Crippen LogP contribution in [0.4, 0.5) is 0 Å². The van der Waals surface area contributed by atoms with Crippen LogP contribution in [0.25, 0.3) is 43.1 Å². The van der Waals surface area contributed by atoms with E-state index < -0.39 is 89.0 Å². The Morgan fingerprint density at radius 3 is 0.817 bits per heavy atom. The molecule has 9 aromatic carbocycles. The molecule has 0 spiro atoms. The second-order valence-electron chi connectivity index (χ2n) is 32.9. The van der Waals surface area contributed by atoms with Crippen LogP contribution in [0.15, 0.2) is 121 Å². The summed E-state index contributed by atoms with van der Waals surface area (Å²) in [6.07, 6.45) is 5.49. The molecule has 6 atom stereocenters. The van der Waals surface area contributed by atoms with E-state index in [-0.39, 0.29) is 222 Å². The van der Waals surface area contributed by atoms with Gasteiger partial charge in [0.2, 0.25) is 11.8 Å².